The SMILES string of the molecule is CC(C)C[C@@H](NS(=O)(=O)c1cccc(F)c1F)C(=O)O. The van der Waals surface area contributed by atoms with Gasteiger partial charge < -0.3 is 5.11 Å². The molecule has 0 radical (unpaired) electrons. The lowest BCUT2D eigenvalue weighted by atomic mass is 10.1. The van der Waals surface area contributed by atoms with Crippen LogP contribution in [0.3, 0.4) is 0 Å². The van der Waals surface area contributed by atoms with E-state index in [1.807, 2.05) is 4.72 Å². The van der Waals surface area contributed by atoms with Crippen molar-refractivity contribution in [2.24, 2.45) is 5.92 Å². The highest BCUT2D eigenvalue weighted by atomic mass is 32.2. The van der Waals surface area contributed by atoms with Crippen LogP contribution in [0.2, 0.25) is 0 Å². The fraction of sp³-hybridized carbons (Fsp3) is 0.417. The molecule has 20 heavy (non-hydrogen) atoms. The molecule has 0 amide bonds. The molecule has 5 nitrogen and oxygen atoms in total. The van der Waals surface area contributed by atoms with Gasteiger partial charge in [0.05, 0.1) is 0 Å². The number of carboxylic acids is 1. The minimum absolute atomic E-state index is 0.0332. The largest absolute Gasteiger partial charge is 0.480 e. The molecule has 112 valence electrons. The molecule has 0 saturated carbocycles. The molecule has 0 aliphatic carbocycles. The van der Waals surface area contributed by atoms with Crippen LogP contribution in [-0.2, 0) is 14.8 Å². The molecule has 0 spiro atoms. The number of hydrogen-bond donors (Lipinski definition) is 2. The Balaban J connectivity index is 3.10. The van der Waals surface area contributed by atoms with E-state index in [1.54, 1.807) is 13.8 Å². The number of carboxylic acid groups (broad SMARTS) is 1. The number of benzene rings is 1. The molecule has 0 saturated heterocycles. The zero-order valence-corrected chi connectivity index (χ0v) is 11.7. The maximum Gasteiger partial charge on any atom is 0.321 e. The monoisotopic (exact) mass is 307 g/mol. The number of carbonyl (C=O) groups is 1. The third kappa shape index (κ3) is 3.97. The van der Waals surface area contributed by atoms with Crippen molar-refractivity contribution >= 4 is 16.0 Å². The number of sulfonamides is 1. The average molecular weight is 307 g/mol. The van der Waals surface area contributed by atoms with Gasteiger partial charge in [-0.25, -0.2) is 17.2 Å². The Labute approximate surface area is 115 Å². The molecule has 0 aliphatic rings. The van der Waals surface area contributed by atoms with Gasteiger partial charge in [0.1, 0.15) is 10.9 Å². The Morgan fingerprint density at radius 1 is 1.35 bits per heavy atom. The zero-order valence-electron chi connectivity index (χ0n) is 10.9. The van der Waals surface area contributed by atoms with Gasteiger partial charge in [0, 0.05) is 0 Å². The number of nitrogens with one attached hydrogen (secondary N) is 1. The predicted molar refractivity (Wildman–Crippen MR) is 67.6 cm³/mol. The van der Waals surface area contributed by atoms with Gasteiger partial charge in [0.15, 0.2) is 11.6 Å². The Bertz CT molecular complexity index is 601. The highest BCUT2D eigenvalue weighted by molar-refractivity contribution is 7.89. The first kappa shape index (κ1) is 16.5. The van der Waals surface area contributed by atoms with Gasteiger partial charge in [0.2, 0.25) is 10.0 Å². The number of hydrogen-bond acceptors (Lipinski definition) is 3. The van der Waals surface area contributed by atoms with Crippen molar-refractivity contribution in [3.63, 3.8) is 0 Å². The highest BCUT2D eigenvalue weighted by Crippen LogP contribution is 2.18. The Hall–Kier alpha value is -1.54. The quantitative estimate of drug-likeness (QED) is 0.838. The van der Waals surface area contributed by atoms with Crippen LogP contribution in [0.4, 0.5) is 8.78 Å². The number of aliphatic carboxylic acids is 1. The van der Waals surface area contributed by atoms with Gasteiger partial charge in [-0.3, -0.25) is 4.79 Å². The summed E-state index contributed by atoms with van der Waals surface area (Å²) < 4.78 is 52.2. The normalized spacial score (nSPS) is 13.4. The van der Waals surface area contributed by atoms with Crippen LogP contribution in [0.1, 0.15) is 20.3 Å². The van der Waals surface area contributed by atoms with Crippen molar-refractivity contribution in [2.75, 3.05) is 0 Å². The van der Waals surface area contributed by atoms with E-state index >= 15 is 0 Å². The summed E-state index contributed by atoms with van der Waals surface area (Å²) in [5.74, 6) is -4.31. The smallest absolute Gasteiger partial charge is 0.321 e. The second-order valence-corrected chi connectivity index (χ2v) is 6.38. The molecule has 0 fully saturated rings. The summed E-state index contributed by atoms with van der Waals surface area (Å²) in [5.41, 5.74) is 0. The summed E-state index contributed by atoms with van der Waals surface area (Å²) in [6.45, 7) is 3.43. The van der Waals surface area contributed by atoms with E-state index in [-0.39, 0.29) is 12.3 Å². The van der Waals surface area contributed by atoms with Crippen molar-refractivity contribution in [3.8, 4) is 0 Å². The average Bonchev–Trinajstić information content (AvgIpc) is 2.30. The lowest BCUT2D eigenvalue weighted by Crippen LogP contribution is -2.41. The van der Waals surface area contributed by atoms with Crippen LogP contribution in [0.5, 0.6) is 0 Å². The standard InChI is InChI=1S/C12H15F2NO4S/c1-7(2)6-9(12(16)17)15-20(18,19)10-5-3-4-8(13)11(10)14/h3-5,7,9,15H,6H2,1-2H3,(H,16,17)/t9-/m1/s1. The molecular weight excluding hydrogens is 292 g/mol. The molecule has 1 aromatic rings. The Morgan fingerprint density at radius 3 is 2.45 bits per heavy atom. The van der Waals surface area contributed by atoms with Crippen LogP contribution in [0.15, 0.2) is 23.1 Å². The minimum Gasteiger partial charge on any atom is -0.480 e. The van der Waals surface area contributed by atoms with Gasteiger partial charge in [-0.15, -0.1) is 0 Å². The van der Waals surface area contributed by atoms with Gasteiger partial charge in [-0.2, -0.15) is 4.72 Å². The molecule has 0 aliphatic heterocycles. The van der Waals surface area contributed by atoms with Crippen molar-refractivity contribution < 1.29 is 27.1 Å². The van der Waals surface area contributed by atoms with Gasteiger partial charge in [0.25, 0.3) is 0 Å². The third-order valence-electron chi connectivity index (χ3n) is 2.51. The second-order valence-electron chi connectivity index (χ2n) is 4.69. The zero-order chi connectivity index (χ0) is 15.5. The van der Waals surface area contributed by atoms with Crippen molar-refractivity contribution in [1.82, 2.24) is 4.72 Å². The molecule has 1 aromatic carbocycles. The lowest BCUT2D eigenvalue weighted by Gasteiger charge is -2.16. The molecule has 8 heteroatoms. The molecule has 1 atom stereocenters. The van der Waals surface area contributed by atoms with E-state index in [1.165, 1.54) is 0 Å². The van der Waals surface area contributed by atoms with E-state index < -0.39 is 38.6 Å². The van der Waals surface area contributed by atoms with Crippen molar-refractivity contribution in [1.29, 1.82) is 0 Å². The predicted octanol–water partition coefficient (Wildman–Crippen LogP) is 1.74. The van der Waals surface area contributed by atoms with Gasteiger partial charge in [-0.05, 0) is 24.5 Å². The van der Waals surface area contributed by atoms with E-state index in [2.05, 4.69) is 0 Å². The maximum absolute atomic E-state index is 13.5. The Morgan fingerprint density at radius 2 is 1.95 bits per heavy atom. The van der Waals surface area contributed by atoms with E-state index in [0.717, 1.165) is 18.2 Å². The molecule has 0 unspecified atom stereocenters. The topological polar surface area (TPSA) is 83.5 Å². The lowest BCUT2D eigenvalue weighted by molar-refractivity contribution is -0.139. The summed E-state index contributed by atoms with van der Waals surface area (Å²) in [5, 5.41) is 8.96. The van der Waals surface area contributed by atoms with Crippen LogP contribution in [0.25, 0.3) is 0 Å². The highest BCUT2D eigenvalue weighted by Gasteiger charge is 2.28. The number of rotatable bonds is 6. The summed E-state index contributed by atoms with van der Waals surface area (Å²) in [7, 11) is -4.45. The minimum atomic E-state index is -4.45. The van der Waals surface area contributed by atoms with E-state index in [9.17, 15) is 22.0 Å². The first-order valence-electron chi connectivity index (χ1n) is 5.84. The molecule has 0 aromatic heterocycles. The maximum atomic E-state index is 13.5. The fourth-order valence-electron chi connectivity index (χ4n) is 1.61. The van der Waals surface area contributed by atoms with Crippen molar-refractivity contribution in [3.05, 3.63) is 29.8 Å². The Kier molecular flexibility index (Phi) is 5.18. The number of halogens is 2. The fourth-order valence-corrected chi connectivity index (χ4v) is 2.90. The van der Waals surface area contributed by atoms with Crippen LogP contribution < -0.4 is 4.72 Å². The summed E-state index contributed by atoms with van der Waals surface area (Å²) in [6.07, 6.45) is 0.0332. The van der Waals surface area contributed by atoms with Crippen molar-refractivity contribution in [2.45, 2.75) is 31.2 Å². The van der Waals surface area contributed by atoms with Crippen LogP contribution in [-0.4, -0.2) is 25.5 Å². The molecule has 0 bridgehead atoms. The molecule has 1 rings (SSSR count). The molecule has 0 heterocycles. The summed E-state index contributed by atoms with van der Waals surface area (Å²) in [6, 6.07) is 1.28. The van der Waals surface area contributed by atoms with Crippen LogP contribution in [0, 0.1) is 17.6 Å². The van der Waals surface area contributed by atoms with Crippen LogP contribution >= 0.6 is 0 Å². The molecular formula is C12H15F2NO4S. The first-order chi connectivity index (χ1) is 9.15. The summed E-state index contributed by atoms with van der Waals surface area (Å²) >= 11 is 0. The second kappa shape index (κ2) is 6.27. The van der Waals surface area contributed by atoms with Gasteiger partial charge in [-0.1, -0.05) is 19.9 Å². The summed E-state index contributed by atoms with van der Waals surface area (Å²) in [4.78, 5) is 10.1. The van der Waals surface area contributed by atoms with E-state index in [4.69, 9.17) is 5.11 Å². The first-order valence-corrected chi connectivity index (χ1v) is 7.32. The van der Waals surface area contributed by atoms with E-state index in [0.29, 0.717) is 0 Å². The third-order valence-corrected chi connectivity index (χ3v) is 4.00. The van der Waals surface area contributed by atoms with Gasteiger partial charge >= 0.3 is 5.97 Å². The molecule has 2 N–H and O–H groups in total.